The molecule has 0 unspecified atom stereocenters. The zero-order valence-electron chi connectivity index (χ0n) is 12.4. The van der Waals surface area contributed by atoms with Crippen LogP contribution in [-0.4, -0.2) is 39.7 Å². The van der Waals surface area contributed by atoms with E-state index >= 15 is 0 Å². The maximum atomic E-state index is 12.6. The molecular weight excluding hydrogens is 400 g/mol. The molecule has 11 heteroatoms. The van der Waals surface area contributed by atoms with Gasteiger partial charge in [0.05, 0.1) is 21.0 Å². The maximum absolute atomic E-state index is 12.6. The second-order valence-electron chi connectivity index (χ2n) is 5.24. The van der Waals surface area contributed by atoms with Gasteiger partial charge in [-0.25, -0.2) is 0 Å². The number of halogens is 1. The molecule has 3 rings (SSSR count). The highest BCUT2D eigenvalue weighted by Gasteiger charge is 2.36. The monoisotopic (exact) mass is 408 g/mol. The summed E-state index contributed by atoms with van der Waals surface area (Å²) < 4.78 is -0.0333. The molecule has 0 saturated heterocycles. The molecule has 2 aromatic carbocycles. The third kappa shape index (κ3) is 2.44. The lowest BCUT2D eigenvalue weighted by Crippen LogP contribution is -2.43. The second-order valence-corrected chi connectivity index (χ2v) is 6.03. The smallest absolute Gasteiger partial charge is 0.284 e. The maximum Gasteiger partial charge on any atom is 0.284 e. The van der Waals surface area contributed by atoms with E-state index in [4.69, 9.17) is 5.73 Å². The number of nitrogens with two attached hydrogens (primary N) is 1. The van der Waals surface area contributed by atoms with Crippen LogP contribution in [0.4, 0.5) is 11.4 Å². The lowest BCUT2D eigenvalue weighted by molar-refractivity contribution is -0.385. The molecule has 1 aliphatic rings. The van der Waals surface area contributed by atoms with Crippen LogP contribution < -0.4 is 5.73 Å². The molecule has 25 heavy (non-hydrogen) atoms. The van der Waals surface area contributed by atoms with E-state index in [0.717, 1.165) is 23.1 Å². The van der Waals surface area contributed by atoms with E-state index in [1.807, 2.05) is 0 Å². The Morgan fingerprint density at radius 2 is 1.64 bits per heavy atom. The van der Waals surface area contributed by atoms with Gasteiger partial charge < -0.3 is 5.73 Å². The summed E-state index contributed by atoms with van der Waals surface area (Å²) in [6.07, 6.45) is 0. The van der Waals surface area contributed by atoms with Crippen LogP contribution in [0.2, 0.25) is 0 Å². The third-order valence-electron chi connectivity index (χ3n) is 3.85. The van der Waals surface area contributed by atoms with Gasteiger partial charge in [-0.2, -0.15) is 0 Å². The van der Waals surface area contributed by atoms with Crippen LogP contribution in [0.15, 0.2) is 22.7 Å². The molecular formula is C14H9BrN4O6. The zero-order valence-corrected chi connectivity index (χ0v) is 14.0. The highest BCUT2D eigenvalue weighted by Crippen LogP contribution is 2.41. The number of carbonyl (C=O) groups is 2. The van der Waals surface area contributed by atoms with Gasteiger partial charge >= 0.3 is 0 Å². The quantitative estimate of drug-likeness (QED) is 0.461. The van der Waals surface area contributed by atoms with Crippen molar-refractivity contribution in [2.24, 2.45) is 5.73 Å². The van der Waals surface area contributed by atoms with Crippen LogP contribution >= 0.6 is 15.9 Å². The number of amides is 2. The van der Waals surface area contributed by atoms with Gasteiger partial charge in [-0.15, -0.1) is 0 Å². The molecule has 0 aliphatic carbocycles. The first-order chi connectivity index (χ1) is 11.8. The topological polar surface area (TPSA) is 150 Å². The molecule has 0 fully saturated rings. The normalized spacial score (nSPS) is 13.4. The van der Waals surface area contributed by atoms with Crippen molar-refractivity contribution in [2.75, 3.05) is 13.1 Å². The van der Waals surface area contributed by atoms with Crippen molar-refractivity contribution in [2.45, 2.75) is 0 Å². The number of nitro groups is 2. The fraction of sp³-hybridized carbons (Fsp3) is 0.143. The van der Waals surface area contributed by atoms with Crippen LogP contribution in [0.5, 0.6) is 0 Å². The van der Waals surface area contributed by atoms with Gasteiger partial charge in [0.2, 0.25) is 0 Å². The number of carbonyl (C=O) groups excluding carboxylic acids is 2. The molecule has 0 saturated carbocycles. The fourth-order valence-electron chi connectivity index (χ4n) is 2.79. The van der Waals surface area contributed by atoms with Gasteiger partial charge in [0.15, 0.2) is 0 Å². The van der Waals surface area contributed by atoms with E-state index in [-0.39, 0.29) is 39.5 Å². The molecule has 1 aliphatic heterocycles. The Morgan fingerprint density at radius 3 is 2.16 bits per heavy atom. The molecule has 2 aromatic rings. The largest absolute Gasteiger partial charge is 0.329 e. The molecule has 0 radical (unpaired) electrons. The van der Waals surface area contributed by atoms with Crippen molar-refractivity contribution in [3.8, 4) is 0 Å². The minimum atomic E-state index is -0.725. The van der Waals surface area contributed by atoms with E-state index in [9.17, 15) is 29.8 Å². The number of imide groups is 1. The Bertz CT molecular complexity index is 967. The first-order valence-electron chi connectivity index (χ1n) is 6.93. The van der Waals surface area contributed by atoms with Crippen LogP contribution in [0.25, 0.3) is 10.8 Å². The predicted molar refractivity (Wildman–Crippen MR) is 89.4 cm³/mol. The van der Waals surface area contributed by atoms with Gasteiger partial charge in [-0.1, -0.05) is 0 Å². The van der Waals surface area contributed by atoms with Crippen molar-refractivity contribution < 1.29 is 19.4 Å². The van der Waals surface area contributed by atoms with Crippen molar-refractivity contribution in [3.05, 3.63) is 54.0 Å². The zero-order chi connectivity index (χ0) is 18.5. The lowest BCUT2D eigenvalue weighted by atomic mass is 9.92. The Balaban J connectivity index is 2.48. The van der Waals surface area contributed by atoms with Crippen molar-refractivity contribution in [1.82, 2.24) is 4.90 Å². The van der Waals surface area contributed by atoms with Crippen LogP contribution in [0.3, 0.4) is 0 Å². The molecule has 2 amide bonds. The average molecular weight is 409 g/mol. The van der Waals surface area contributed by atoms with E-state index in [1.165, 1.54) is 0 Å². The minimum absolute atomic E-state index is 0.0104. The molecule has 10 nitrogen and oxygen atoms in total. The SMILES string of the molecule is NCCN1C(=O)c2cc([N+](=O)[O-])cc3c(Br)c([N+](=O)[O-])cc(c23)C1=O. The van der Waals surface area contributed by atoms with E-state index in [2.05, 4.69) is 15.9 Å². The Hall–Kier alpha value is -2.92. The Labute approximate surface area is 147 Å². The third-order valence-corrected chi connectivity index (χ3v) is 4.68. The molecule has 0 aromatic heterocycles. The molecule has 128 valence electrons. The van der Waals surface area contributed by atoms with Gasteiger partial charge in [0.25, 0.3) is 23.2 Å². The molecule has 2 N–H and O–H groups in total. The van der Waals surface area contributed by atoms with Gasteiger partial charge in [0, 0.05) is 42.1 Å². The summed E-state index contributed by atoms with van der Waals surface area (Å²) in [5.41, 5.74) is 4.44. The lowest BCUT2D eigenvalue weighted by Gasteiger charge is -2.26. The number of non-ortho nitro benzene ring substituents is 1. The highest BCUT2D eigenvalue weighted by molar-refractivity contribution is 9.10. The summed E-state index contributed by atoms with van der Waals surface area (Å²) in [6, 6.07) is 3.21. The summed E-state index contributed by atoms with van der Waals surface area (Å²) in [5.74, 6) is -1.45. The Kier molecular flexibility index (Phi) is 3.97. The summed E-state index contributed by atoms with van der Waals surface area (Å²) in [6.45, 7) is -0.116. The molecule has 0 spiro atoms. The second kappa shape index (κ2) is 5.86. The molecule has 1 heterocycles. The number of nitrogens with zero attached hydrogens (tertiary/aromatic N) is 3. The molecule has 0 bridgehead atoms. The summed E-state index contributed by atoms with van der Waals surface area (Å²) >= 11 is 3.05. The van der Waals surface area contributed by atoms with E-state index in [1.54, 1.807) is 0 Å². The number of nitro benzene ring substituents is 2. The van der Waals surface area contributed by atoms with Gasteiger partial charge in [-0.3, -0.25) is 34.7 Å². The van der Waals surface area contributed by atoms with Crippen molar-refractivity contribution >= 4 is 49.9 Å². The van der Waals surface area contributed by atoms with E-state index < -0.39 is 33.0 Å². The van der Waals surface area contributed by atoms with Crippen LogP contribution in [-0.2, 0) is 0 Å². The minimum Gasteiger partial charge on any atom is -0.329 e. The average Bonchev–Trinajstić information content (AvgIpc) is 2.56. The number of hydrogen-bond acceptors (Lipinski definition) is 7. The fourth-order valence-corrected chi connectivity index (χ4v) is 3.36. The number of hydrogen-bond donors (Lipinski definition) is 1. The standard InChI is InChI=1S/C14H9BrN4O6/c15-12-7-3-6(18(22)23)4-8-11(7)9(5-10(12)19(24)25)14(21)17(2-1-16)13(8)20/h3-5H,1-2,16H2. The van der Waals surface area contributed by atoms with Crippen LogP contribution in [0.1, 0.15) is 20.7 Å². The van der Waals surface area contributed by atoms with Gasteiger partial charge in [0.1, 0.15) is 4.47 Å². The number of rotatable bonds is 4. The Morgan fingerprint density at radius 1 is 1.04 bits per heavy atom. The first kappa shape index (κ1) is 16.9. The summed E-state index contributed by atoms with van der Waals surface area (Å²) in [7, 11) is 0. The predicted octanol–water partition coefficient (Wildman–Crippen LogP) is 1.97. The molecule has 0 atom stereocenters. The van der Waals surface area contributed by atoms with Crippen molar-refractivity contribution in [3.63, 3.8) is 0 Å². The van der Waals surface area contributed by atoms with Gasteiger partial charge in [-0.05, 0) is 15.9 Å². The summed E-state index contributed by atoms with van der Waals surface area (Å²) in [5, 5.41) is 22.6. The first-order valence-corrected chi connectivity index (χ1v) is 7.72. The highest BCUT2D eigenvalue weighted by atomic mass is 79.9. The van der Waals surface area contributed by atoms with Crippen molar-refractivity contribution in [1.29, 1.82) is 0 Å². The summed E-state index contributed by atoms with van der Waals surface area (Å²) in [4.78, 5) is 47.0. The van der Waals surface area contributed by atoms with E-state index in [0.29, 0.717) is 0 Å². The number of benzene rings is 2. The van der Waals surface area contributed by atoms with Crippen LogP contribution in [0, 0.1) is 20.2 Å².